The SMILES string of the molecule is C[C@@H]1C[C@H](N)C[C@H](c2ccncc2CC(=O)c2cccc3cc(N4CCCCC4C(F)F)cnc23)C1. The molecule has 4 atom stereocenters. The van der Waals surface area contributed by atoms with Crippen LogP contribution in [0.3, 0.4) is 0 Å². The van der Waals surface area contributed by atoms with Crippen LogP contribution in [0.4, 0.5) is 14.5 Å². The number of nitrogens with zero attached hydrogens (tertiary/aromatic N) is 3. The van der Waals surface area contributed by atoms with Gasteiger partial charge in [-0.2, -0.15) is 0 Å². The quantitative estimate of drug-likeness (QED) is 0.433. The summed E-state index contributed by atoms with van der Waals surface area (Å²) >= 11 is 0. The molecule has 1 aliphatic heterocycles. The molecule has 1 aliphatic carbocycles. The molecule has 0 bridgehead atoms. The zero-order valence-electron chi connectivity index (χ0n) is 20.7. The van der Waals surface area contributed by atoms with Gasteiger partial charge < -0.3 is 10.6 Å². The van der Waals surface area contributed by atoms with Gasteiger partial charge >= 0.3 is 0 Å². The van der Waals surface area contributed by atoms with E-state index in [-0.39, 0.29) is 18.2 Å². The number of aromatic nitrogens is 2. The first-order valence-corrected chi connectivity index (χ1v) is 13.1. The number of pyridine rings is 2. The van der Waals surface area contributed by atoms with Crippen molar-refractivity contribution in [1.29, 1.82) is 0 Å². The predicted molar refractivity (Wildman–Crippen MR) is 139 cm³/mol. The number of hydrogen-bond acceptors (Lipinski definition) is 5. The fourth-order valence-electron chi connectivity index (χ4n) is 6.23. The summed E-state index contributed by atoms with van der Waals surface area (Å²) in [5, 5.41) is 0.787. The second-order valence-corrected chi connectivity index (χ2v) is 10.6. The number of carbonyl (C=O) groups is 1. The third-order valence-corrected chi connectivity index (χ3v) is 7.88. The van der Waals surface area contributed by atoms with E-state index in [2.05, 4.69) is 16.9 Å². The van der Waals surface area contributed by atoms with E-state index in [1.54, 1.807) is 29.6 Å². The van der Waals surface area contributed by atoms with Crippen LogP contribution >= 0.6 is 0 Å². The monoisotopic (exact) mass is 492 g/mol. The number of halogens is 2. The Morgan fingerprint density at radius 1 is 1.17 bits per heavy atom. The predicted octanol–water partition coefficient (Wildman–Crippen LogP) is 5.91. The molecule has 2 N–H and O–H groups in total. The molecule has 1 unspecified atom stereocenters. The Labute approximate surface area is 211 Å². The number of nitrogens with two attached hydrogens (primary N) is 1. The van der Waals surface area contributed by atoms with Gasteiger partial charge in [-0.3, -0.25) is 14.8 Å². The van der Waals surface area contributed by atoms with Crippen molar-refractivity contribution in [3.63, 3.8) is 0 Å². The van der Waals surface area contributed by atoms with Crippen molar-refractivity contribution in [2.24, 2.45) is 11.7 Å². The molecule has 5 nitrogen and oxygen atoms in total. The molecule has 1 saturated heterocycles. The number of ketones is 1. The van der Waals surface area contributed by atoms with Crippen molar-refractivity contribution in [2.45, 2.75) is 76.3 Å². The van der Waals surface area contributed by atoms with Gasteiger partial charge in [0, 0.05) is 42.4 Å². The molecule has 0 spiro atoms. The molecule has 1 saturated carbocycles. The van der Waals surface area contributed by atoms with Crippen molar-refractivity contribution in [1.82, 2.24) is 9.97 Å². The third kappa shape index (κ3) is 5.12. The molecule has 2 aliphatic rings. The standard InChI is InChI=1S/C29H34F2N4O/c1-18-11-20(13-22(32)12-18)24-8-9-33-16-21(24)15-27(36)25-6-4-5-19-14-23(17-34-28(19)25)35-10-3-2-7-26(35)29(30)31/h4-6,8-9,14,16-18,20,22,26,29H,2-3,7,10-13,15,32H2,1H3/t18-,20+,22-,26?/m0/s1. The number of anilines is 1. The number of carbonyl (C=O) groups excluding carboxylic acids is 1. The van der Waals surface area contributed by atoms with Crippen LogP contribution in [0.25, 0.3) is 10.9 Å². The van der Waals surface area contributed by atoms with Crippen LogP contribution in [0, 0.1) is 5.92 Å². The smallest absolute Gasteiger partial charge is 0.258 e. The van der Waals surface area contributed by atoms with Crippen molar-refractivity contribution in [3.05, 3.63) is 65.6 Å². The maximum Gasteiger partial charge on any atom is 0.258 e. The lowest BCUT2D eigenvalue weighted by Gasteiger charge is -2.36. The summed E-state index contributed by atoms with van der Waals surface area (Å²) in [6.45, 7) is 2.83. The summed E-state index contributed by atoms with van der Waals surface area (Å²) in [7, 11) is 0. The second kappa shape index (κ2) is 10.6. The van der Waals surface area contributed by atoms with Gasteiger partial charge in [-0.15, -0.1) is 0 Å². The number of alkyl halides is 2. The van der Waals surface area contributed by atoms with Gasteiger partial charge in [0.05, 0.1) is 23.4 Å². The van der Waals surface area contributed by atoms with Gasteiger partial charge in [-0.05, 0) is 79.7 Å². The average molecular weight is 493 g/mol. The lowest BCUT2D eigenvalue weighted by Crippen LogP contribution is -2.44. The highest BCUT2D eigenvalue weighted by atomic mass is 19.3. The number of fused-ring (bicyclic) bond motifs is 1. The largest absolute Gasteiger partial charge is 0.362 e. The van der Waals surface area contributed by atoms with E-state index in [4.69, 9.17) is 5.73 Å². The van der Waals surface area contributed by atoms with Crippen molar-refractivity contribution in [3.8, 4) is 0 Å². The molecule has 3 aromatic rings. The fraction of sp³-hybridized carbons (Fsp3) is 0.483. The number of hydrogen-bond donors (Lipinski definition) is 1. The van der Waals surface area contributed by atoms with Gasteiger partial charge in [0.15, 0.2) is 5.78 Å². The van der Waals surface area contributed by atoms with Gasteiger partial charge in [0.1, 0.15) is 0 Å². The van der Waals surface area contributed by atoms with Crippen LogP contribution in [0.15, 0.2) is 48.9 Å². The summed E-state index contributed by atoms with van der Waals surface area (Å²) in [5.41, 5.74) is 10.3. The maximum atomic E-state index is 13.6. The molecule has 190 valence electrons. The molecule has 3 heterocycles. The molecule has 0 radical (unpaired) electrons. The van der Waals surface area contributed by atoms with Gasteiger partial charge in [-0.1, -0.05) is 19.1 Å². The molecule has 2 fully saturated rings. The van der Waals surface area contributed by atoms with Crippen LogP contribution in [0.1, 0.15) is 72.9 Å². The fourth-order valence-corrected chi connectivity index (χ4v) is 6.23. The van der Waals surface area contributed by atoms with E-state index in [9.17, 15) is 13.6 Å². The molecular weight excluding hydrogens is 458 g/mol. The third-order valence-electron chi connectivity index (χ3n) is 7.88. The lowest BCUT2D eigenvalue weighted by molar-refractivity contribution is 0.0991. The number of piperidine rings is 1. The number of Topliss-reactive ketones (excluding diaryl/α,β-unsaturated/α-hetero) is 1. The van der Waals surface area contributed by atoms with Crippen molar-refractivity contribution < 1.29 is 13.6 Å². The number of benzene rings is 1. The minimum Gasteiger partial charge on any atom is -0.362 e. The summed E-state index contributed by atoms with van der Waals surface area (Å²) in [4.78, 5) is 24.2. The summed E-state index contributed by atoms with van der Waals surface area (Å²) in [6.07, 6.45) is 8.28. The molecule has 0 amide bonds. The summed E-state index contributed by atoms with van der Waals surface area (Å²) < 4.78 is 27.3. The Balaban J connectivity index is 1.41. The Morgan fingerprint density at radius 3 is 2.83 bits per heavy atom. The highest BCUT2D eigenvalue weighted by Gasteiger charge is 2.31. The first kappa shape index (κ1) is 24.8. The Morgan fingerprint density at radius 2 is 2.03 bits per heavy atom. The van der Waals surface area contributed by atoms with Crippen LogP contribution in [-0.2, 0) is 6.42 Å². The topological polar surface area (TPSA) is 72.1 Å². The molecule has 7 heteroatoms. The van der Waals surface area contributed by atoms with Gasteiger partial charge in [0.2, 0.25) is 0 Å². The summed E-state index contributed by atoms with van der Waals surface area (Å²) in [5.74, 6) is 0.860. The number of rotatable bonds is 6. The normalized spacial score (nSPS) is 24.9. The van der Waals surface area contributed by atoms with Crippen LogP contribution in [0.5, 0.6) is 0 Å². The van der Waals surface area contributed by atoms with E-state index in [0.717, 1.165) is 43.1 Å². The van der Waals surface area contributed by atoms with Gasteiger partial charge in [0.25, 0.3) is 6.43 Å². The van der Waals surface area contributed by atoms with E-state index in [1.807, 2.05) is 24.3 Å². The van der Waals surface area contributed by atoms with Crippen LogP contribution in [-0.4, -0.2) is 40.8 Å². The average Bonchev–Trinajstić information content (AvgIpc) is 2.87. The second-order valence-electron chi connectivity index (χ2n) is 10.6. The Hall–Kier alpha value is -2.93. The lowest BCUT2D eigenvalue weighted by atomic mass is 9.75. The first-order chi connectivity index (χ1) is 17.4. The molecular formula is C29H34F2N4O. The van der Waals surface area contributed by atoms with E-state index < -0.39 is 12.5 Å². The zero-order chi connectivity index (χ0) is 25.2. The molecule has 5 rings (SSSR count). The highest BCUT2D eigenvalue weighted by Crippen LogP contribution is 2.37. The Kier molecular flexibility index (Phi) is 7.28. The minimum atomic E-state index is -2.40. The minimum absolute atomic E-state index is 0.0216. The van der Waals surface area contributed by atoms with E-state index >= 15 is 0 Å². The zero-order valence-corrected chi connectivity index (χ0v) is 20.7. The van der Waals surface area contributed by atoms with Crippen molar-refractivity contribution in [2.75, 3.05) is 11.4 Å². The first-order valence-electron chi connectivity index (χ1n) is 13.1. The van der Waals surface area contributed by atoms with Gasteiger partial charge in [-0.25, -0.2) is 8.78 Å². The molecule has 36 heavy (non-hydrogen) atoms. The molecule has 2 aromatic heterocycles. The Bertz CT molecular complexity index is 1220. The molecule has 1 aromatic carbocycles. The van der Waals surface area contributed by atoms with E-state index in [0.29, 0.717) is 41.6 Å². The number of para-hydroxylation sites is 1. The highest BCUT2D eigenvalue weighted by molar-refractivity contribution is 6.07. The van der Waals surface area contributed by atoms with Crippen LogP contribution in [0.2, 0.25) is 0 Å². The summed E-state index contributed by atoms with van der Waals surface area (Å²) in [6, 6.07) is 8.84. The van der Waals surface area contributed by atoms with E-state index in [1.165, 1.54) is 5.56 Å². The maximum absolute atomic E-state index is 13.6. The van der Waals surface area contributed by atoms with Crippen LogP contribution < -0.4 is 10.6 Å². The van der Waals surface area contributed by atoms with Crippen molar-refractivity contribution >= 4 is 22.4 Å².